The van der Waals surface area contributed by atoms with E-state index in [9.17, 15) is 33.8 Å². The summed E-state index contributed by atoms with van der Waals surface area (Å²) in [7, 11) is -9.83. The highest BCUT2D eigenvalue weighted by molar-refractivity contribution is 14.1. The molecular formula is C25H42INO8S2. The standard InChI is InChI=1S/C25H42INO8S2/c1-2-3-4-5-6-7-8-9-10-11-12-13-14-15-16-17-18-27-25(28)22-19-21(36(30,31)32)20-23(24(22)26-29)37(33,34)35/h19-20H,2-18H2,1H3,(H,27,28)(H,30,31,32)(H,33,34,35). The van der Waals surface area contributed by atoms with Gasteiger partial charge in [0, 0.05) is 6.54 Å². The fourth-order valence-electron chi connectivity index (χ4n) is 4.12. The summed E-state index contributed by atoms with van der Waals surface area (Å²) in [6.45, 7) is 2.51. The number of benzene rings is 1. The van der Waals surface area contributed by atoms with Gasteiger partial charge in [-0.1, -0.05) is 103 Å². The molecule has 0 aliphatic carbocycles. The van der Waals surface area contributed by atoms with Crippen LogP contribution in [0, 0.1) is 3.57 Å². The molecule has 214 valence electrons. The van der Waals surface area contributed by atoms with Gasteiger partial charge in [-0.25, -0.2) is 0 Å². The number of nitrogens with one attached hydrogen (secondary N) is 1. The first-order valence-electron chi connectivity index (χ1n) is 13.2. The van der Waals surface area contributed by atoms with E-state index < -0.39 is 66.3 Å². The number of hydrogen-bond acceptors (Lipinski definition) is 6. The number of rotatable bonds is 21. The van der Waals surface area contributed by atoms with E-state index in [4.69, 9.17) is 0 Å². The lowest BCUT2D eigenvalue weighted by atomic mass is 10.0. The molecule has 0 radical (unpaired) electrons. The maximum atomic E-state index is 12.6. The van der Waals surface area contributed by atoms with Gasteiger partial charge in [0.25, 0.3) is 26.1 Å². The van der Waals surface area contributed by atoms with Crippen LogP contribution in [0.2, 0.25) is 0 Å². The molecule has 1 aromatic rings. The lowest BCUT2D eigenvalue weighted by Crippen LogP contribution is -2.26. The number of carbonyl (C=O) groups excluding carboxylic acids is 1. The van der Waals surface area contributed by atoms with Crippen LogP contribution in [0.3, 0.4) is 0 Å². The molecule has 12 heteroatoms. The van der Waals surface area contributed by atoms with Gasteiger partial charge < -0.3 is 5.32 Å². The smallest absolute Gasteiger partial charge is 0.295 e. The van der Waals surface area contributed by atoms with Gasteiger partial charge in [-0.3, -0.25) is 17.0 Å². The van der Waals surface area contributed by atoms with E-state index in [1.165, 1.54) is 77.0 Å². The van der Waals surface area contributed by atoms with E-state index >= 15 is 0 Å². The second-order valence-electron chi connectivity index (χ2n) is 9.37. The van der Waals surface area contributed by atoms with Gasteiger partial charge in [0.15, 0.2) is 21.2 Å². The molecular weight excluding hydrogens is 633 g/mol. The Bertz CT molecular complexity index is 1060. The van der Waals surface area contributed by atoms with Crippen molar-refractivity contribution in [3.05, 3.63) is 21.3 Å². The van der Waals surface area contributed by atoms with E-state index in [-0.39, 0.29) is 6.54 Å². The fraction of sp³-hybridized carbons (Fsp3) is 0.720. The van der Waals surface area contributed by atoms with Crippen molar-refractivity contribution in [2.24, 2.45) is 0 Å². The van der Waals surface area contributed by atoms with Crippen LogP contribution in [0.4, 0.5) is 0 Å². The Morgan fingerprint density at radius 1 is 0.730 bits per heavy atom. The molecule has 1 rings (SSSR count). The van der Waals surface area contributed by atoms with Gasteiger partial charge in [0.05, 0.1) is 14.0 Å². The molecule has 3 N–H and O–H groups in total. The molecule has 37 heavy (non-hydrogen) atoms. The van der Waals surface area contributed by atoms with Crippen molar-refractivity contribution in [2.45, 2.75) is 119 Å². The molecule has 0 atom stereocenters. The molecule has 0 fully saturated rings. The SMILES string of the molecule is CCCCCCCCCCCCCCCCCCNC(=O)c1cc(S(=O)(=O)O)cc(S(=O)(=O)O)c1I=O. The normalized spacial score (nSPS) is 12.1. The zero-order valence-corrected chi connectivity index (χ0v) is 25.5. The zero-order chi connectivity index (χ0) is 27.7. The van der Waals surface area contributed by atoms with Gasteiger partial charge in [0.1, 0.15) is 4.90 Å². The van der Waals surface area contributed by atoms with E-state index in [0.29, 0.717) is 12.5 Å². The highest BCUT2D eigenvalue weighted by Gasteiger charge is 2.27. The Labute approximate surface area is 232 Å². The van der Waals surface area contributed by atoms with Crippen molar-refractivity contribution >= 4 is 47.3 Å². The Hall–Kier alpha value is -0.960. The predicted octanol–water partition coefficient (Wildman–Crippen LogP) is 6.66. The third-order valence-electron chi connectivity index (χ3n) is 6.23. The average Bonchev–Trinajstić information content (AvgIpc) is 2.83. The first kappa shape index (κ1) is 34.1. The van der Waals surface area contributed by atoms with Crippen molar-refractivity contribution < 1.29 is 33.8 Å². The first-order valence-corrected chi connectivity index (χ1v) is 18.0. The van der Waals surface area contributed by atoms with Crippen molar-refractivity contribution in [2.75, 3.05) is 6.54 Å². The van der Waals surface area contributed by atoms with Crippen molar-refractivity contribution in [3.8, 4) is 0 Å². The summed E-state index contributed by atoms with van der Waals surface area (Å²) < 4.78 is 76.1. The van der Waals surface area contributed by atoms with Crippen LogP contribution in [0.25, 0.3) is 0 Å². The predicted molar refractivity (Wildman–Crippen MR) is 151 cm³/mol. The highest BCUT2D eigenvalue weighted by atomic mass is 127. The van der Waals surface area contributed by atoms with Crippen LogP contribution in [-0.2, 0) is 23.3 Å². The van der Waals surface area contributed by atoms with Crippen LogP contribution in [-0.4, -0.2) is 38.4 Å². The largest absolute Gasteiger partial charge is 0.352 e. The minimum Gasteiger partial charge on any atom is -0.352 e. The molecule has 0 aliphatic heterocycles. The van der Waals surface area contributed by atoms with Crippen LogP contribution < -0.4 is 5.32 Å². The molecule has 9 nitrogen and oxygen atoms in total. The Kier molecular flexibility index (Phi) is 16.9. The number of carbonyl (C=O) groups is 1. The number of hydrogen-bond donors (Lipinski definition) is 3. The van der Waals surface area contributed by atoms with Crippen LogP contribution in [0.5, 0.6) is 0 Å². The summed E-state index contributed by atoms with van der Waals surface area (Å²) in [6.07, 6.45) is 19.5. The Balaban J connectivity index is 2.31. The molecule has 0 bridgehead atoms. The first-order chi connectivity index (χ1) is 17.5. The van der Waals surface area contributed by atoms with Crippen LogP contribution in [0.1, 0.15) is 120 Å². The highest BCUT2D eigenvalue weighted by Crippen LogP contribution is 2.28. The topological polar surface area (TPSA) is 155 Å². The average molecular weight is 676 g/mol. The number of halogens is 1. The summed E-state index contributed by atoms with van der Waals surface area (Å²) in [4.78, 5) is 10.7. The number of unbranched alkanes of at least 4 members (excludes halogenated alkanes) is 15. The summed E-state index contributed by atoms with van der Waals surface area (Å²) in [5.41, 5.74) is -0.456. The van der Waals surface area contributed by atoms with Gasteiger partial charge >= 0.3 is 0 Å². The molecule has 1 amide bonds. The van der Waals surface area contributed by atoms with Gasteiger partial charge in [-0.05, 0) is 18.6 Å². The molecule has 0 saturated heterocycles. The molecule has 0 aromatic heterocycles. The summed E-state index contributed by atoms with van der Waals surface area (Å²) in [6, 6.07) is 1.25. The molecule has 1 aromatic carbocycles. The minimum atomic E-state index is -4.97. The zero-order valence-electron chi connectivity index (χ0n) is 21.7. The summed E-state index contributed by atoms with van der Waals surface area (Å²) in [5.74, 6) is -0.818. The molecule has 0 spiro atoms. The van der Waals surface area contributed by atoms with Crippen molar-refractivity contribution in [1.29, 1.82) is 0 Å². The summed E-state index contributed by atoms with van der Waals surface area (Å²) >= 11 is -2.25. The molecule has 0 unspecified atom stereocenters. The van der Waals surface area contributed by atoms with Crippen LogP contribution >= 0.6 is 21.2 Å². The Morgan fingerprint density at radius 3 is 1.54 bits per heavy atom. The van der Waals surface area contributed by atoms with E-state index in [1.807, 2.05) is 0 Å². The monoisotopic (exact) mass is 675 g/mol. The van der Waals surface area contributed by atoms with Crippen molar-refractivity contribution in [1.82, 2.24) is 5.32 Å². The van der Waals surface area contributed by atoms with Gasteiger partial charge in [-0.2, -0.15) is 16.8 Å². The van der Waals surface area contributed by atoms with E-state index in [2.05, 4.69) is 12.2 Å². The van der Waals surface area contributed by atoms with E-state index in [1.54, 1.807) is 0 Å². The second kappa shape index (κ2) is 18.3. The van der Waals surface area contributed by atoms with Crippen molar-refractivity contribution in [3.63, 3.8) is 0 Å². The number of amides is 1. The van der Waals surface area contributed by atoms with Crippen LogP contribution in [0.15, 0.2) is 21.9 Å². The molecule has 0 aliphatic rings. The fourth-order valence-corrected chi connectivity index (χ4v) is 7.40. The lowest BCUT2D eigenvalue weighted by Gasteiger charge is -2.11. The molecule has 0 saturated carbocycles. The third kappa shape index (κ3) is 14.1. The van der Waals surface area contributed by atoms with Gasteiger partial charge in [0.2, 0.25) is 0 Å². The second-order valence-corrected chi connectivity index (χ2v) is 13.7. The quantitative estimate of drug-likeness (QED) is 0.0743. The third-order valence-corrected chi connectivity index (χ3v) is 9.90. The molecule has 0 heterocycles. The maximum Gasteiger partial charge on any atom is 0.295 e. The maximum absolute atomic E-state index is 12.6. The van der Waals surface area contributed by atoms with Gasteiger partial charge in [-0.15, -0.1) is 0 Å². The summed E-state index contributed by atoms with van der Waals surface area (Å²) in [5, 5.41) is 2.57. The minimum absolute atomic E-state index is 0.269. The lowest BCUT2D eigenvalue weighted by molar-refractivity contribution is 0.0951. The Morgan fingerprint density at radius 2 is 1.16 bits per heavy atom. The van der Waals surface area contributed by atoms with E-state index in [0.717, 1.165) is 25.3 Å².